The lowest BCUT2D eigenvalue weighted by Gasteiger charge is -2.25. The van der Waals surface area contributed by atoms with Crippen molar-refractivity contribution < 1.29 is 23.9 Å². The smallest absolute Gasteiger partial charge is 0.417 e. The number of hydrogen-bond acceptors (Lipinski definition) is 6. The van der Waals surface area contributed by atoms with Gasteiger partial charge in [0, 0.05) is 0 Å². The number of benzene rings is 1. The van der Waals surface area contributed by atoms with Crippen LogP contribution in [0.1, 0.15) is 26.3 Å². The molecule has 1 aromatic rings. The summed E-state index contributed by atoms with van der Waals surface area (Å²) < 4.78 is 10.3. The highest BCUT2D eigenvalue weighted by Gasteiger charge is 2.26. The van der Waals surface area contributed by atoms with Gasteiger partial charge in [0.2, 0.25) is 0 Å². The van der Waals surface area contributed by atoms with Crippen LogP contribution in [-0.4, -0.2) is 40.3 Å². The van der Waals surface area contributed by atoms with Crippen molar-refractivity contribution in [3.63, 3.8) is 0 Å². The van der Waals surface area contributed by atoms with Crippen LogP contribution in [0.3, 0.4) is 0 Å². The molecule has 1 aromatic carbocycles. The highest BCUT2D eigenvalue weighted by atomic mass is 32.1. The van der Waals surface area contributed by atoms with E-state index in [1.165, 1.54) is 0 Å². The van der Waals surface area contributed by atoms with Gasteiger partial charge in [0.05, 0.1) is 0 Å². The number of amides is 3. The molecule has 0 bridgehead atoms. The van der Waals surface area contributed by atoms with E-state index in [0.717, 1.165) is 10.5 Å². The van der Waals surface area contributed by atoms with Crippen LogP contribution in [0.4, 0.5) is 9.59 Å². The maximum atomic E-state index is 12.3. The summed E-state index contributed by atoms with van der Waals surface area (Å²) >= 11 is 5.00. The molecule has 4 N–H and O–H groups in total. The number of esters is 1. The molecular weight excluding hydrogens is 360 g/mol. The van der Waals surface area contributed by atoms with Crippen molar-refractivity contribution >= 4 is 35.4 Å². The molecule has 0 fully saturated rings. The van der Waals surface area contributed by atoms with E-state index in [4.69, 9.17) is 27.4 Å². The number of hydrazine groups is 1. The number of urea groups is 1. The van der Waals surface area contributed by atoms with Crippen LogP contribution in [0.5, 0.6) is 0 Å². The Balaban J connectivity index is 2.77. The van der Waals surface area contributed by atoms with E-state index in [0.29, 0.717) is 0 Å². The maximum Gasteiger partial charge on any atom is 0.417 e. The Kier molecular flexibility index (Phi) is 7.78. The summed E-state index contributed by atoms with van der Waals surface area (Å²) in [5.41, 5.74) is 9.23. The van der Waals surface area contributed by atoms with Crippen molar-refractivity contribution in [3.05, 3.63) is 35.9 Å². The fourth-order valence-electron chi connectivity index (χ4n) is 1.70. The van der Waals surface area contributed by atoms with Crippen molar-refractivity contribution in [2.24, 2.45) is 5.73 Å². The van der Waals surface area contributed by atoms with E-state index in [1.807, 2.05) is 11.5 Å². The van der Waals surface area contributed by atoms with E-state index in [1.54, 1.807) is 45.0 Å². The maximum absolute atomic E-state index is 12.3. The first-order valence-corrected chi connectivity index (χ1v) is 8.05. The Labute approximate surface area is 156 Å². The minimum atomic E-state index is -0.915. The standard InChI is InChI=1S/C16H22N4O5S/c1-16(2,3)25-12(21)9-20(14(26)19-18-13(17)22)15(23)24-10-11-7-5-4-6-8-11/h4-8H,9-10H2,1-3H3,(H,19,26)(H3,17,18,22). The molecule has 0 spiro atoms. The fourth-order valence-corrected chi connectivity index (χ4v) is 1.89. The number of carbonyl (C=O) groups is 3. The van der Waals surface area contributed by atoms with Gasteiger partial charge in [-0.3, -0.25) is 10.2 Å². The third-order valence-corrected chi connectivity index (χ3v) is 2.99. The lowest BCUT2D eigenvalue weighted by atomic mass is 10.2. The fraction of sp³-hybridized carbons (Fsp3) is 0.375. The van der Waals surface area contributed by atoms with E-state index in [2.05, 4.69) is 5.43 Å². The highest BCUT2D eigenvalue weighted by Crippen LogP contribution is 2.09. The molecule has 0 heterocycles. The van der Waals surface area contributed by atoms with Crippen LogP contribution >= 0.6 is 12.2 Å². The van der Waals surface area contributed by atoms with Crippen LogP contribution < -0.4 is 16.6 Å². The number of nitrogens with one attached hydrogen (secondary N) is 2. The summed E-state index contributed by atoms with van der Waals surface area (Å²) in [7, 11) is 0. The van der Waals surface area contributed by atoms with Crippen molar-refractivity contribution in [2.75, 3.05) is 6.54 Å². The number of thiocarbonyl (C=S) groups is 1. The quantitative estimate of drug-likeness (QED) is 0.409. The second kappa shape index (κ2) is 9.56. The Hall–Kier alpha value is -2.88. The third-order valence-electron chi connectivity index (χ3n) is 2.67. The van der Waals surface area contributed by atoms with Gasteiger partial charge in [-0.25, -0.2) is 19.9 Å². The van der Waals surface area contributed by atoms with Gasteiger partial charge in [0.1, 0.15) is 18.8 Å². The van der Waals surface area contributed by atoms with E-state index < -0.39 is 30.2 Å². The molecule has 142 valence electrons. The molecule has 0 radical (unpaired) electrons. The minimum Gasteiger partial charge on any atom is -0.459 e. The summed E-state index contributed by atoms with van der Waals surface area (Å²) in [4.78, 5) is 35.9. The molecule has 10 heteroatoms. The monoisotopic (exact) mass is 382 g/mol. The molecule has 0 saturated heterocycles. The molecular formula is C16H22N4O5S. The first-order valence-electron chi connectivity index (χ1n) is 7.64. The number of primary amides is 1. The van der Waals surface area contributed by atoms with Gasteiger partial charge in [-0.15, -0.1) is 0 Å². The topological polar surface area (TPSA) is 123 Å². The zero-order valence-electron chi connectivity index (χ0n) is 14.8. The minimum absolute atomic E-state index is 0.0175. The van der Waals surface area contributed by atoms with Crippen molar-refractivity contribution in [1.29, 1.82) is 0 Å². The van der Waals surface area contributed by atoms with Crippen LogP contribution in [0.15, 0.2) is 30.3 Å². The second-order valence-corrected chi connectivity index (χ2v) is 6.52. The zero-order valence-corrected chi connectivity index (χ0v) is 15.6. The Morgan fingerprint density at radius 2 is 1.77 bits per heavy atom. The number of nitrogens with zero attached hydrogens (tertiary/aromatic N) is 1. The Morgan fingerprint density at radius 1 is 1.15 bits per heavy atom. The number of rotatable bonds is 4. The summed E-state index contributed by atoms with van der Waals surface area (Å²) in [6.07, 6.45) is -0.886. The average Bonchev–Trinajstić information content (AvgIpc) is 2.54. The molecule has 0 saturated carbocycles. The van der Waals surface area contributed by atoms with Gasteiger partial charge in [0.25, 0.3) is 0 Å². The van der Waals surface area contributed by atoms with Crippen molar-refractivity contribution in [1.82, 2.24) is 15.8 Å². The molecule has 0 aliphatic rings. The molecule has 3 amide bonds. The number of nitrogens with two attached hydrogens (primary N) is 1. The predicted octanol–water partition coefficient (Wildman–Crippen LogP) is 1.42. The summed E-state index contributed by atoms with van der Waals surface area (Å²) in [6, 6.07) is 8.05. The molecule has 0 aliphatic carbocycles. The second-order valence-electron chi connectivity index (χ2n) is 6.13. The number of ether oxygens (including phenoxy) is 2. The molecule has 0 aliphatic heterocycles. The van der Waals surface area contributed by atoms with Crippen LogP contribution in [0.25, 0.3) is 0 Å². The first kappa shape index (κ1) is 21.2. The lowest BCUT2D eigenvalue weighted by Crippen LogP contribution is -2.53. The van der Waals surface area contributed by atoms with E-state index in [9.17, 15) is 14.4 Å². The molecule has 1 rings (SSSR count). The first-order chi connectivity index (χ1) is 12.1. The molecule has 0 atom stereocenters. The van der Waals surface area contributed by atoms with Crippen molar-refractivity contribution in [3.8, 4) is 0 Å². The summed E-state index contributed by atoms with van der Waals surface area (Å²) in [5.74, 6) is -0.697. The summed E-state index contributed by atoms with van der Waals surface area (Å²) in [5, 5.41) is -0.271. The van der Waals surface area contributed by atoms with Crippen LogP contribution in [0, 0.1) is 0 Å². The summed E-state index contributed by atoms with van der Waals surface area (Å²) in [6.45, 7) is 4.55. The Morgan fingerprint density at radius 3 is 2.31 bits per heavy atom. The van der Waals surface area contributed by atoms with Gasteiger partial charge >= 0.3 is 18.1 Å². The molecule has 0 aromatic heterocycles. The van der Waals surface area contributed by atoms with E-state index in [-0.39, 0.29) is 11.7 Å². The van der Waals surface area contributed by atoms with Crippen molar-refractivity contribution in [2.45, 2.75) is 33.0 Å². The largest absolute Gasteiger partial charge is 0.459 e. The average molecular weight is 382 g/mol. The van der Waals surface area contributed by atoms with Gasteiger partial charge in [-0.2, -0.15) is 0 Å². The third kappa shape index (κ3) is 8.29. The molecule has 9 nitrogen and oxygen atoms in total. The van der Waals surface area contributed by atoms with E-state index >= 15 is 0 Å². The zero-order chi connectivity index (χ0) is 19.7. The normalized spacial score (nSPS) is 10.4. The van der Waals surface area contributed by atoms with Gasteiger partial charge in [-0.05, 0) is 38.6 Å². The van der Waals surface area contributed by atoms with Crippen LogP contribution in [0.2, 0.25) is 0 Å². The molecule has 0 unspecified atom stereocenters. The predicted molar refractivity (Wildman–Crippen MR) is 97.6 cm³/mol. The number of hydrogen-bond donors (Lipinski definition) is 3. The number of carbonyl (C=O) groups excluding carboxylic acids is 3. The van der Waals surface area contributed by atoms with Gasteiger partial charge in [-0.1, -0.05) is 30.3 Å². The Bertz CT molecular complexity index is 660. The van der Waals surface area contributed by atoms with Crippen LogP contribution in [-0.2, 0) is 20.9 Å². The lowest BCUT2D eigenvalue weighted by molar-refractivity contribution is -0.154. The van der Waals surface area contributed by atoms with Gasteiger partial charge in [0.15, 0.2) is 5.11 Å². The van der Waals surface area contributed by atoms with Gasteiger partial charge < -0.3 is 15.2 Å². The molecule has 26 heavy (non-hydrogen) atoms. The highest BCUT2D eigenvalue weighted by molar-refractivity contribution is 7.80. The SMILES string of the molecule is CC(C)(C)OC(=O)CN(C(=O)OCc1ccccc1)C(=S)NNC(N)=O.